The van der Waals surface area contributed by atoms with Gasteiger partial charge in [-0.1, -0.05) is 28.1 Å². The number of carbonyl (C=O) groups excluding carboxylic acids is 1. The molecule has 1 aliphatic rings. The quantitative estimate of drug-likeness (QED) is 0.849. The summed E-state index contributed by atoms with van der Waals surface area (Å²) in [7, 11) is 0. The summed E-state index contributed by atoms with van der Waals surface area (Å²) in [6.07, 6.45) is 1.89. The minimum Gasteiger partial charge on any atom is -0.444 e. The van der Waals surface area contributed by atoms with Gasteiger partial charge in [-0.05, 0) is 57.7 Å². The number of nitrogens with zero attached hydrogens (tertiary/aromatic N) is 1. The van der Waals surface area contributed by atoms with Crippen LogP contribution in [0.2, 0.25) is 0 Å². The van der Waals surface area contributed by atoms with Crippen molar-refractivity contribution < 1.29 is 9.53 Å². The van der Waals surface area contributed by atoms with Crippen molar-refractivity contribution >= 4 is 22.0 Å². The van der Waals surface area contributed by atoms with Gasteiger partial charge in [-0.25, -0.2) is 4.79 Å². The normalized spacial score (nSPS) is 18.8. The second-order valence-corrected chi connectivity index (χ2v) is 8.08. The zero-order valence-electron chi connectivity index (χ0n) is 14.5. The van der Waals surface area contributed by atoms with Gasteiger partial charge < -0.3 is 15.0 Å². The van der Waals surface area contributed by atoms with Gasteiger partial charge in [-0.2, -0.15) is 0 Å². The van der Waals surface area contributed by atoms with Crippen molar-refractivity contribution in [3.8, 4) is 0 Å². The fourth-order valence-corrected chi connectivity index (χ4v) is 3.07. The Bertz CT molecular complexity index is 554. The van der Waals surface area contributed by atoms with E-state index < -0.39 is 5.60 Å². The van der Waals surface area contributed by atoms with Crippen LogP contribution in [0.4, 0.5) is 4.79 Å². The first-order chi connectivity index (χ1) is 10.7. The molecule has 2 rings (SSSR count). The molecule has 1 aromatic rings. The van der Waals surface area contributed by atoms with Crippen molar-refractivity contribution in [1.29, 1.82) is 0 Å². The molecule has 1 fully saturated rings. The number of hydrogen-bond acceptors (Lipinski definition) is 3. The molecule has 1 aromatic carbocycles. The molecular weight excluding hydrogens is 356 g/mol. The third-order valence-electron chi connectivity index (χ3n) is 3.90. The molecule has 23 heavy (non-hydrogen) atoms. The number of piperidine rings is 1. The highest BCUT2D eigenvalue weighted by Gasteiger charge is 2.27. The molecule has 1 aliphatic heterocycles. The van der Waals surface area contributed by atoms with E-state index in [2.05, 4.69) is 46.4 Å². The second kappa shape index (κ2) is 7.67. The van der Waals surface area contributed by atoms with Crippen molar-refractivity contribution in [3.05, 3.63) is 33.8 Å². The van der Waals surface area contributed by atoms with Crippen molar-refractivity contribution in [2.75, 3.05) is 13.1 Å². The van der Waals surface area contributed by atoms with E-state index in [4.69, 9.17) is 4.74 Å². The van der Waals surface area contributed by atoms with Gasteiger partial charge in [0.25, 0.3) is 0 Å². The molecule has 1 saturated heterocycles. The van der Waals surface area contributed by atoms with Gasteiger partial charge in [0.15, 0.2) is 0 Å². The Labute approximate surface area is 147 Å². The minimum atomic E-state index is -0.439. The third-order valence-corrected chi connectivity index (χ3v) is 4.76. The van der Waals surface area contributed by atoms with E-state index in [-0.39, 0.29) is 6.09 Å². The summed E-state index contributed by atoms with van der Waals surface area (Å²) in [5, 5.41) is 3.56. The van der Waals surface area contributed by atoms with Gasteiger partial charge in [0.1, 0.15) is 5.60 Å². The zero-order valence-corrected chi connectivity index (χ0v) is 16.1. The first-order valence-corrected chi connectivity index (χ1v) is 9.00. The SMILES string of the molecule is Cc1ccc(CNC2CCCN(C(=O)OC(C)(C)C)C2)cc1Br. The Morgan fingerprint density at radius 1 is 1.43 bits per heavy atom. The number of ether oxygens (including phenoxy) is 1. The lowest BCUT2D eigenvalue weighted by atomic mass is 10.1. The zero-order chi connectivity index (χ0) is 17.0. The lowest BCUT2D eigenvalue weighted by Crippen LogP contribution is -2.49. The summed E-state index contributed by atoms with van der Waals surface area (Å²) >= 11 is 3.57. The minimum absolute atomic E-state index is 0.206. The first kappa shape index (κ1) is 18.3. The average molecular weight is 383 g/mol. The number of nitrogens with one attached hydrogen (secondary N) is 1. The highest BCUT2D eigenvalue weighted by atomic mass is 79.9. The molecule has 128 valence electrons. The molecule has 1 amide bonds. The van der Waals surface area contributed by atoms with Gasteiger partial charge in [-0.15, -0.1) is 0 Å². The van der Waals surface area contributed by atoms with Crippen molar-refractivity contribution in [2.24, 2.45) is 0 Å². The Kier molecular flexibility index (Phi) is 6.09. The molecular formula is C18H27BrN2O2. The molecule has 1 heterocycles. The average Bonchev–Trinajstić information content (AvgIpc) is 2.47. The summed E-state index contributed by atoms with van der Waals surface area (Å²) in [5.74, 6) is 0. The summed E-state index contributed by atoms with van der Waals surface area (Å²) in [6, 6.07) is 6.73. The number of aryl methyl sites for hydroxylation is 1. The molecule has 0 radical (unpaired) electrons. The predicted octanol–water partition coefficient (Wildman–Crippen LogP) is 4.25. The molecule has 5 heteroatoms. The van der Waals surface area contributed by atoms with Crippen molar-refractivity contribution in [1.82, 2.24) is 10.2 Å². The Morgan fingerprint density at radius 2 is 2.17 bits per heavy atom. The number of hydrogen-bond donors (Lipinski definition) is 1. The Balaban J connectivity index is 1.86. The Morgan fingerprint density at radius 3 is 2.83 bits per heavy atom. The van der Waals surface area contributed by atoms with Crippen LogP contribution in [0.25, 0.3) is 0 Å². The van der Waals surface area contributed by atoms with Crippen molar-refractivity contribution in [2.45, 2.75) is 58.7 Å². The highest BCUT2D eigenvalue weighted by Crippen LogP contribution is 2.19. The van der Waals surface area contributed by atoms with Gasteiger partial charge in [-0.3, -0.25) is 0 Å². The molecule has 0 aliphatic carbocycles. The molecule has 1 N–H and O–H groups in total. The third kappa shape index (κ3) is 5.81. The van der Waals surface area contributed by atoms with E-state index in [1.807, 2.05) is 25.7 Å². The van der Waals surface area contributed by atoms with E-state index in [0.717, 1.165) is 30.4 Å². The van der Waals surface area contributed by atoms with Gasteiger partial charge >= 0.3 is 6.09 Å². The number of halogens is 1. The monoisotopic (exact) mass is 382 g/mol. The molecule has 0 aromatic heterocycles. The van der Waals surface area contributed by atoms with Crippen LogP contribution in [0.1, 0.15) is 44.7 Å². The summed E-state index contributed by atoms with van der Waals surface area (Å²) < 4.78 is 6.61. The highest BCUT2D eigenvalue weighted by molar-refractivity contribution is 9.10. The van der Waals surface area contributed by atoms with E-state index in [1.165, 1.54) is 11.1 Å². The largest absolute Gasteiger partial charge is 0.444 e. The topological polar surface area (TPSA) is 41.6 Å². The van der Waals surface area contributed by atoms with E-state index in [0.29, 0.717) is 12.6 Å². The number of carbonyl (C=O) groups is 1. The maximum absolute atomic E-state index is 12.2. The number of rotatable bonds is 3. The van der Waals surface area contributed by atoms with Crippen LogP contribution in [0, 0.1) is 6.92 Å². The molecule has 0 bridgehead atoms. The maximum Gasteiger partial charge on any atom is 0.410 e. The van der Waals surface area contributed by atoms with E-state index in [1.54, 1.807) is 0 Å². The standard InChI is InChI=1S/C18H27BrN2O2/c1-13-7-8-14(10-16(13)19)11-20-15-6-5-9-21(12-15)17(22)23-18(2,3)4/h7-8,10,15,20H,5-6,9,11-12H2,1-4H3. The number of benzene rings is 1. The molecule has 0 spiro atoms. The van der Waals surface area contributed by atoms with Crippen LogP contribution in [-0.2, 0) is 11.3 Å². The van der Waals surface area contributed by atoms with Crippen LogP contribution in [0.15, 0.2) is 22.7 Å². The van der Waals surface area contributed by atoms with Gasteiger partial charge in [0.2, 0.25) is 0 Å². The summed E-state index contributed by atoms with van der Waals surface area (Å²) in [6.45, 7) is 10.1. The van der Waals surface area contributed by atoms with Crippen molar-refractivity contribution in [3.63, 3.8) is 0 Å². The second-order valence-electron chi connectivity index (χ2n) is 7.23. The fraction of sp³-hybridized carbons (Fsp3) is 0.611. The molecule has 1 unspecified atom stereocenters. The van der Waals surface area contributed by atoms with Crippen LogP contribution >= 0.6 is 15.9 Å². The Hall–Kier alpha value is -1.07. The number of amides is 1. The molecule has 4 nitrogen and oxygen atoms in total. The van der Waals surface area contributed by atoms with Gasteiger partial charge in [0, 0.05) is 30.1 Å². The van der Waals surface area contributed by atoms with Crippen LogP contribution < -0.4 is 5.32 Å². The van der Waals surface area contributed by atoms with Gasteiger partial charge in [0.05, 0.1) is 0 Å². The predicted molar refractivity (Wildman–Crippen MR) is 96.5 cm³/mol. The lowest BCUT2D eigenvalue weighted by molar-refractivity contribution is 0.0187. The fourth-order valence-electron chi connectivity index (χ4n) is 2.64. The summed E-state index contributed by atoms with van der Waals surface area (Å²) in [4.78, 5) is 14.0. The first-order valence-electron chi connectivity index (χ1n) is 8.21. The molecule has 0 saturated carbocycles. The lowest BCUT2D eigenvalue weighted by Gasteiger charge is -2.34. The number of likely N-dealkylation sites (tertiary alicyclic amines) is 1. The van der Waals surface area contributed by atoms with Crippen LogP contribution in [0.3, 0.4) is 0 Å². The van der Waals surface area contributed by atoms with E-state index >= 15 is 0 Å². The van der Waals surface area contributed by atoms with E-state index in [9.17, 15) is 4.79 Å². The van der Waals surface area contributed by atoms with Crippen LogP contribution in [-0.4, -0.2) is 35.7 Å². The molecule has 1 atom stereocenters. The smallest absolute Gasteiger partial charge is 0.410 e. The summed E-state index contributed by atoms with van der Waals surface area (Å²) in [5.41, 5.74) is 2.05. The van der Waals surface area contributed by atoms with Crippen LogP contribution in [0.5, 0.6) is 0 Å². The maximum atomic E-state index is 12.2.